The average molecular weight is 847 g/mol. The maximum absolute atomic E-state index is 3.30. The topological polar surface area (TPSA) is 0 Å². The zero-order valence-electron chi connectivity index (χ0n) is 26.8. The van der Waals surface area contributed by atoms with Crippen molar-refractivity contribution in [1.82, 2.24) is 0 Å². The Bertz CT molecular complexity index is 1440. The standard InChI is InChI=1S/C14H16Si.C13H9.3C5H5.2ClH.2Fe.Zr/c1-2-6-13(5-1)9-11-15-12-10-14-7-3-4-8-14;1-3-7-12-10(5-1)9-11-6-2-4-8-13(11)12;3*1-2-4-5-3-1;;;;;/h1-8H,9-12H2;1-5,7-8H,9H2;3*1-5H;2*1H;;;/q-2;4*-1;;;3*+2/p-2. The SMILES string of the molecule is [Cl-].[Cl-].[Fe+2].[Fe+2].[Zr+2]=[Si](CCc1ccc[cH-]1)CCc1ccc[cH-]1.[c-]1cccc2c1Cc1ccccc1-2.c1cc[cH-]c1.c1cc[cH-]c1.c1cc[cH-]c1. The molecule has 248 valence electrons. The molecule has 0 nitrogen and oxygen atoms in total. The van der Waals surface area contributed by atoms with E-state index >= 15 is 0 Å². The third-order valence-electron chi connectivity index (χ3n) is 7.18. The molecule has 8 rings (SSSR count). The van der Waals surface area contributed by atoms with Crippen molar-refractivity contribution in [1.29, 1.82) is 0 Å². The monoisotopic (exact) mass is 844 g/mol. The fourth-order valence-corrected chi connectivity index (χ4v) is 8.11. The quantitative estimate of drug-likeness (QED) is 0.168. The van der Waals surface area contributed by atoms with Gasteiger partial charge in [0.15, 0.2) is 0 Å². The third-order valence-corrected chi connectivity index (χ3v) is 12.6. The Hall–Kier alpha value is -2.09. The van der Waals surface area contributed by atoms with Crippen molar-refractivity contribution in [2.24, 2.45) is 0 Å². The molecule has 6 heteroatoms. The van der Waals surface area contributed by atoms with Crippen LogP contribution in [-0.2, 0) is 76.7 Å². The van der Waals surface area contributed by atoms with E-state index in [4.69, 9.17) is 0 Å². The first kappa shape index (κ1) is 45.9. The summed E-state index contributed by atoms with van der Waals surface area (Å²) in [6, 6.07) is 68.6. The van der Waals surface area contributed by atoms with Gasteiger partial charge in [0.2, 0.25) is 0 Å². The molecule has 0 amide bonds. The van der Waals surface area contributed by atoms with Crippen LogP contribution in [0.1, 0.15) is 22.3 Å². The molecule has 0 spiro atoms. The molecule has 7 aromatic carbocycles. The van der Waals surface area contributed by atoms with Crippen LogP contribution in [0.25, 0.3) is 11.1 Å². The Morgan fingerprint density at radius 2 is 1.00 bits per heavy atom. The van der Waals surface area contributed by atoms with Gasteiger partial charge in [-0.15, -0.1) is 5.56 Å². The Morgan fingerprint density at radius 1 is 0.542 bits per heavy atom. The van der Waals surface area contributed by atoms with E-state index in [1.165, 1.54) is 58.3 Å². The van der Waals surface area contributed by atoms with E-state index in [0.717, 1.165) is 6.42 Å². The Labute approximate surface area is 337 Å². The van der Waals surface area contributed by atoms with Gasteiger partial charge in [0.1, 0.15) is 0 Å². The van der Waals surface area contributed by atoms with E-state index in [9.17, 15) is 0 Å². The zero-order chi connectivity index (χ0) is 30.5. The molecule has 0 fully saturated rings. The predicted molar refractivity (Wildman–Crippen MR) is 186 cm³/mol. The minimum absolute atomic E-state index is 0. The van der Waals surface area contributed by atoms with Gasteiger partial charge in [-0.1, -0.05) is 35.4 Å². The summed E-state index contributed by atoms with van der Waals surface area (Å²) in [5.41, 5.74) is 8.51. The minimum Gasteiger partial charge on any atom is -0.214 e. The van der Waals surface area contributed by atoms with Crippen LogP contribution in [0, 0.1) is 6.07 Å². The molecular weight excluding hydrogens is 806 g/mol. The van der Waals surface area contributed by atoms with Crippen LogP contribution in [0.5, 0.6) is 0 Å². The maximum Gasteiger partial charge on any atom is -0.0253 e. The van der Waals surface area contributed by atoms with E-state index in [0.29, 0.717) is 0 Å². The fraction of sp³-hybridized carbons (Fsp3) is 0.119. The van der Waals surface area contributed by atoms with Crippen LogP contribution in [0.2, 0.25) is 12.1 Å². The van der Waals surface area contributed by atoms with Crippen molar-refractivity contribution in [3.8, 4) is 11.1 Å². The first-order valence-electron chi connectivity index (χ1n) is 15.3. The minimum atomic E-state index is -0.0510. The molecular formula is C42H40Cl2Fe2SiZr-2. The smallest absolute Gasteiger partial charge is 0.0253 e. The van der Waals surface area contributed by atoms with Gasteiger partial charge in [0, 0.05) is 0 Å². The van der Waals surface area contributed by atoms with Gasteiger partial charge >= 0.3 is 147 Å². The van der Waals surface area contributed by atoms with Crippen LogP contribution in [0.15, 0.2) is 182 Å². The summed E-state index contributed by atoms with van der Waals surface area (Å²) in [6.45, 7) is 0. The van der Waals surface area contributed by atoms with Crippen LogP contribution in [0.4, 0.5) is 0 Å². The van der Waals surface area contributed by atoms with Gasteiger partial charge in [-0.3, -0.25) is 0 Å². The van der Waals surface area contributed by atoms with Gasteiger partial charge in [0.05, 0.1) is 0 Å². The number of hydrogen-bond donors (Lipinski definition) is 0. The molecule has 0 atom stereocenters. The summed E-state index contributed by atoms with van der Waals surface area (Å²) < 4.78 is 0. The molecule has 48 heavy (non-hydrogen) atoms. The summed E-state index contributed by atoms with van der Waals surface area (Å²) in [6.07, 6.45) is 3.65. The Balaban J connectivity index is 0.000000615. The zero-order valence-corrected chi connectivity index (χ0v) is 34.0. The van der Waals surface area contributed by atoms with Crippen molar-refractivity contribution in [3.63, 3.8) is 0 Å². The van der Waals surface area contributed by atoms with E-state index in [1.54, 1.807) is 23.3 Å². The van der Waals surface area contributed by atoms with Crippen molar-refractivity contribution >= 4 is 5.43 Å². The summed E-state index contributed by atoms with van der Waals surface area (Å²) in [7, 11) is 0. The van der Waals surface area contributed by atoms with Crippen LogP contribution in [-0.4, -0.2) is 5.43 Å². The molecule has 0 unspecified atom stereocenters. The molecule has 0 heterocycles. The van der Waals surface area contributed by atoms with E-state index < -0.39 is 0 Å². The van der Waals surface area contributed by atoms with E-state index in [2.05, 4.69) is 91.0 Å². The predicted octanol–water partition coefficient (Wildman–Crippen LogP) is 4.73. The number of halogens is 2. The molecule has 0 N–H and O–H groups in total. The van der Waals surface area contributed by atoms with Crippen molar-refractivity contribution in [2.45, 2.75) is 31.4 Å². The molecule has 0 radical (unpaired) electrons. The van der Waals surface area contributed by atoms with Gasteiger partial charge in [-0.05, 0) is 6.42 Å². The van der Waals surface area contributed by atoms with Gasteiger partial charge < -0.3 is 24.8 Å². The fourth-order valence-electron chi connectivity index (χ4n) is 4.84. The molecule has 1 aliphatic rings. The van der Waals surface area contributed by atoms with Gasteiger partial charge in [-0.25, -0.2) is 36.4 Å². The van der Waals surface area contributed by atoms with Crippen molar-refractivity contribution in [3.05, 3.63) is 210 Å². The van der Waals surface area contributed by atoms with Gasteiger partial charge in [-0.2, -0.15) is 84.4 Å². The average Bonchev–Trinajstić information content (AvgIpc) is 3.92. The number of aryl methyl sites for hydroxylation is 2. The maximum atomic E-state index is 3.30. The number of benzene rings is 2. The third kappa shape index (κ3) is 18.1. The first-order valence-corrected chi connectivity index (χ1v) is 20.9. The molecule has 0 saturated heterocycles. The van der Waals surface area contributed by atoms with E-state index in [-0.39, 0.29) is 64.4 Å². The van der Waals surface area contributed by atoms with Crippen molar-refractivity contribution in [2.75, 3.05) is 0 Å². The Kier molecular flexibility index (Phi) is 27.5. The number of hydrogen-bond acceptors (Lipinski definition) is 0. The second kappa shape index (κ2) is 28.7. The molecule has 7 aromatic rings. The summed E-state index contributed by atoms with van der Waals surface area (Å²) in [4.78, 5) is 0. The summed E-state index contributed by atoms with van der Waals surface area (Å²) in [5, 5.41) is 0. The van der Waals surface area contributed by atoms with Crippen LogP contribution >= 0.6 is 0 Å². The molecule has 0 aromatic heterocycles. The number of fused-ring (bicyclic) bond motifs is 3. The second-order valence-corrected chi connectivity index (χ2v) is 17.9. The Morgan fingerprint density at radius 3 is 1.42 bits per heavy atom. The first-order chi connectivity index (χ1) is 21.8. The summed E-state index contributed by atoms with van der Waals surface area (Å²) >= 11 is 1.80. The summed E-state index contributed by atoms with van der Waals surface area (Å²) in [5.74, 6) is 0. The second-order valence-electron chi connectivity index (χ2n) is 10.5. The molecule has 0 saturated carbocycles. The van der Waals surface area contributed by atoms with Crippen LogP contribution in [0.3, 0.4) is 0 Å². The van der Waals surface area contributed by atoms with Gasteiger partial charge in [0.25, 0.3) is 0 Å². The van der Waals surface area contributed by atoms with Crippen LogP contribution < -0.4 is 24.8 Å². The van der Waals surface area contributed by atoms with Crippen molar-refractivity contribution < 1.29 is 82.3 Å². The number of rotatable bonds is 6. The molecule has 0 aliphatic heterocycles. The molecule has 0 bridgehead atoms. The molecule has 1 aliphatic carbocycles. The van der Waals surface area contributed by atoms with E-state index in [1.807, 2.05) is 97.1 Å². The largest absolute Gasteiger partial charge is 0.214 e. The normalized spacial score (nSPS) is 9.38.